The molecule has 1 aliphatic heterocycles. The maximum atomic E-state index is 12.9. The number of hydrogen-bond donors (Lipinski definition) is 1. The zero-order valence-electron chi connectivity index (χ0n) is 16.6. The number of benzene rings is 2. The first-order valence-electron chi connectivity index (χ1n) is 9.54. The van der Waals surface area contributed by atoms with Crippen LogP contribution >= 0.6 is 0 Å². The van der Waals surface area contributed by atoms with Gasteiger partial charge < -0.3 is 24.1 Å². The Hall–Kier alpha value is -4.27. The van der Waals surface area contributed by atoms with Crippen LogP contribution in [0.5, 0.6) is 17.2 Å². The topological polar surface area (TPSA) is 96.1 Å². The van der Waals surface area contributed by atoms with Gasteiger partial charge in [-0.25, -0.2) is 4.52 Å². The number of hydrogen-bond acceptors (Lipinski definition) is 6. The summed E-state index contributed by atoms with van der Waals surface area (Å²) in [5, 5.41) is 7.24. The van der Waals surface area contributed by atoms with Gasteiger partial charge >= 0.3 is 0 Å². The standard InChI is InChI=1S/C22H18N4O5/c1-29-18-5-3-2-4-15(18)23-21(27)12-25-8-9-26-17(22(25)28)11-16(24-26)14-6-7-19-20(10-14)31-13-30-19/h2-11H,12-13H2,1H3,(H,23,27). The van der Waals surface area contributed by atoms with Crippen molar-refractivity contribution in [3.05, 3.63) is 71.3 Å². The number of carbonyl (C=O) groups excluding carboxylic acids is 1. The maximum absolute atomic E-state index is 12.9. The number of methoxy groups -OCH3 is 1. The van der Waals surface area contributed by atoms with Crippen molar-refractivity contribution in [1.29, 1.82) is 0 Å². The molecule has 0 saturated heterocycles. The smallest absolute Gasteiger partial charge is 0.277 e. The molecule has 9 nitrogen and oxygen atoms in total. The molecule has 0 fully saturated rings. The van der Waals surface area contributed by atoms with Crippen LogP contribution in [0.3, 0.4) is 0 Å². The fourth-order valence-electron chi connectivity index (χ4n) is 3.44. The number of aromatic nitrogens is 3. The van der Waals surface area contributed by atoms with E-state index >= 15 is 0 Å². The predicted molar refractivity (Wildman–Crippen MR) is 113 cm³/mol. The summed E-state index contributed by atoms with van der Waals surface area (Å²) < 4.78 is 18.8. The normalized spacial score (nSPS) is 12.2. The maximum Gasteiger partial charge on any atom is 0.277 e. The second-order valence-corrected chi connectivity index (χ2v) is 6.91. The van der Waals surface area contributed by atoms with Gasteiger partial charge in [0.2, 0.25) is 12.7 Å². The van der Waals surface area contributed by atoms with Crippen LogP contribution in [0.1, 0.15) is 0 Å². The minimum absolute atomic E-state index is 0.141. The Morgan fingerprint density at radius 3 is 2.84 bits per heavy atom. The van der Waals surface area contributed by atoms with E-state index in [9.17, 15) is 9.59 Å². The lowest BCUT2D eigenvalue weighted by molar-refractivity contribution is -0.116. The number of ether oxygens (including phenoxy) is 3. The van der Waals surface area contributed by atoms with E-state index in [1.54, 1.807) is 30.5 Å². The molecule has 0 saturated carbocycles. The van der Waals surface area contributed by atoms with E-state index < -0.39 is 0 Å². The SMILES string of the molecule is COc1ccccc1NC(=O)Cn1ccn2nc(-c3ccc4c(c3)OCO4)cc2c1=O. The molecule has 1 N–H and O–H groups in total. The quantitative estimate of drug-likeness (QED) is 0.535. The molecule has 4 aromatic rings. The highest BCUT2D eigenvalue weighted by Gasteiger charge is 2.16. The Balaban J connectivity index is 1.41. The second kappa shape index (κ2) is 7.52. The van der Waals surface area contributed by atoms with Crippen molar-refractivity contribution < 1.29 is 19.0 Å². The zero-order valence-corrected chi connectivity index (χ0v) is 16.6. The number of carbonyl (C=O) groups is 1. The molecule has 0 spiro atoms. The van der Waals surface area contributed by atoms with Crippen LogP contribution in [-0.4, -0.2) is 34.0 Å². The van der Waals surface area contributed by atoms with Gasteiger partial charge in [0, 0.05) is 18.0 Å². The van der Waals surface area contributed by atoms with Gasteiger partial charge in [-0.05, 0) is 36.4 Å². The Bertz CT molecular complexity index is 1360. The molecular formula is C22H18N4O5. The van der Waals surface area contributed by atoms with Gasteiger partial charge in [0.25, 0.3) is 5.56 Å². The van der Waals surface area contributed by atoms with Gasteiger partial charge in [-0.1, -0.05) is 12.1 Å². The summed E-state index contributed by atoms with van der Waals surface area (Å²) >= 11 is 0. The van der Waals surface area contributed by atoms with Crippen LogP contribution in [0.25, 0.3) is 16.8 Å². The van der Waals surface area contributed by atoms with Crippen molar-refractivity contribution in [2.24, 2.45) is 0 Å². The Morgan fingerprint density at radius 1 is 1.13 bits per heavy atom. The third-order valence-electron chi connectivity index (χ3n) is 4.97. The van der Waals surface area contributed by atoms with Crippen LogP contribution in [0.2, 0.25) is 0 Å². The minimum Gasteiger partial charge on any atom is -0.495 e. The number of amides is 1. The molecule has 5 rings (SSSR count). The first-order chi connectivity index (χ1) is 15.1. The lowest BCUT2D eigenvalue weighted by atomic mass is 10.1. The highest BCUT2D eigenvalue weighted by atomic mass is 16.7. The molecule has 1 aliphatic rings. The Morgan fingerprint density at radius 2 is 1.97 bits per heavy atom. The van der Waals surface area contributed by atoms with E-state index in [4.69, 9.17) is 14.2 Å². The van der Waals surface area contributed by atoms with E-state index in [2.05, 4.69) is 10.4 Å². The lowest BCUT2D eigenvalue weighted by Crippen LogP contribution is -2.28. The zero-order chi connectivity index (χ0) is 21.4. The first-order valence-corrected chi connectivity index (χ1v) is 9.54. The Kier molecular flexibility index (Phi) is 4.55. The monoisotopic (exact) mass is 418 g/mol. The molecule has 0 bridgehead atoms. The van der Waals surface area contributed by atoms with Crippen molar-refractivity contribution in [3.8, 4) is 28.5 Å². The van der Waals surface area contributed by atoms with E-state index in [0.717, 1.165) is 5.56 Å². The number of nitrogens with one attached hydrogen (secondary N) is 1. The lowest BCUT2D eigenvalue weighted by Gasteiger charge is -2.10. The van der Waals surface area contributed by atoms with Gasteiger partial charge in [-0.2, -0.15) is 5.10 Å². The van der Waals surface area contributed by atoms with Crippen LogP contribution in [0.15, 0.2) is 65.7 Å². The third kappa shape index (κ3) is 3.46. The van der Waals surface area contributed by atoms with Crippen LogP contribution in [-0.2, 0) is 11.3 Å². The summed E-state index contributed by atoms with van der Waals surface area (Å²) in [5.41, 5.74) is 2.00. The molecule has 156 valence electrons. The summed E-state index contributed by atoms with van der Waals surface area (Å²) in [7, 11) is 1.53. The first kappa shape index (κ1) is 18.7. The number of para-hydroxylation sites is 2. The van der Waals surface area contributed by atoms with E-state index in [1.807, 2.05) is 24.3 Å². The molecule has 3 heterocycles. The van der Waals surface area contributed by atoms with Crippen molar-refractivity contribution in [1.82, 2.24) is 14.2 Å². The third-order valence-corrected chi connectivity index (χ3v) is 4.97. The summed E-state index contributed by atoms with van der Waals surface area (Å²) in [6.07, 6.45) is 3.18. The van der Waals surface area contributed by atoms with E-state index in [0.29, 0.717) is 34.1 Å². The van der Waals surface area contributed by atoms with E-state index in [-0.39, 0.29) is 24.8 Å². The van der Waals surface area contributed by atoms with Crippen LogP contribution in [0, 0.1) is 0 Å². The van der Waals surface area contributed by atoms with E-state index in [1.165, 1.54) is 22.4 Å². The molecule has 0 unspecified atom stereocenters. The fraction of sp³-hybridized carbons (Fsp3) is 0.136. The predicted octanol–water partition coefficient (Wildman–Crippen LogP) is 2.54. The molecule has 0 radical (unpaired) electrons. The number of rotatable bonds is 5. The van der Waals surface area contributed by atoms with Gasteiger partial charge in [0.05, 0.1) is 18.5 Å². The molecule has 1 amide bonds. The largest absolute Gasteiger partial charge is 0.495 e. The van der Waals surface area contributed by atoms with Crippen molar-refractivity contribution in [2.75, 3.05) is 19.2 Å². The van der Waals surface area contributed by atoms with Gasteiger partial charge in [-0.15, -0.1) is 0 Å². The minimum atomic E-state index is -0.341. The van der Waals surface area contributed by atoms with Gasteiger partial charge in [0.15, 0.2) is 11.5 Å². The average molecular weight is 418 g/mol. The second-order valence-electron chi connectivity index (χ2n) is 6.91. The van der Waals surface area contributed by atoms with Crippen molar-refractivity contribution in [3.63, 3.8) is 0 Å². The van der Waals surface area contributed by atoms with Gasteiger partial charge in [-0.3, -0.25) is 9.59 Å². The van der Waals surface area contributed by atoms with Crippen molar-refractivity contribution >= 4 is 17.1 Å². The summed E-state index contributed by atoms with van der Waals surface area (Å²) in [5.74, 6) is 1.52. The van der Waals surface area contributed by atoms with Crippen molar-refractivity contribution in [2.45, 2.75) is 6.54 Å². The number of nitrogens with zero attached hydrogens (tertiary/aromatic N) is 3. The highest BCUT2D eigenvalue weighted by molar-refractivity contribution is 5.92. The molecule has 2 aromatic heterocycles. The number of fused-ring (bicyclic) bond motifs is 2. The summed E-state index contributed by atoms with van der Waals surface area (Å²) in [6, 6.07) is 14.3. The molecule has 31 heavy (non-hydrogen) atoms. The molecular weight excluding hydrogens is 400 g/mol. The highest BCUT2D eigenvalue weighted by Crippen LogP contribution is 2.35. The van der Waals surface area contributed by atoms with Crippen LogP contribution < -0.4 is 25.1 Å². The molecule has 0 atom stereocenters. The number of anilines is 1. The molecule has 0 aliphatic carbocycles. The average Bonchev–Trinajstić information content (AvgIpc) is 3.43. The molecule has 2 aromatic carbocycles. The molecule has 9 heteroatoms. The van der Waals surface area contributed by atoms with Crippen LogP contribution in [0.4, 0.5) is 5.69 Å². The van der Waals surface area contributed by atoms with Gasteiger partial charge in [0.1, 0.15) is 17.8 Å². The summed E-state index contributed by atoms with van der Waals surface area (Å²) in [4.78, 5) is 25.4. The fourth-order valence-corrected chi connectivity index (χ4v) is 3.44. The Labute approximate surface area is 176 Å². The summed E-state index contributed by atoms with van der Waals surface area (Å²) in [6.45, 7) is 0.0451.